The summed E-state index contributed by atoms with van der Waals surface area (Å²) in [6.07, 6.45) is 4.32. The topological polar surface area (TPSA) is 89.0 Å². The molecule has 9 heteroatoms. The molecule has 0 unspecified atom stereocenters. The molecule has 1 amide bonds. The van der Waals surface area contributed by atoms with Gasteiger partial charge in [0, 0.05) is 12.1 Å². The van der Waals surface area contributed by atoms with E-state index in [-0.39, 0.29) is 15.6 Å². The smallest absolute Gasteiger partial charge is 0.286 e. The van der Waals surface area contributed by atoms with Crippen LogP contribution < -0.4 is 0 Å². The Morgan fingerprint density at radius 1 is 1.29 bits per heavy atom. The summed E-state index contributed by atoms with van der Waals surface area (Å²) in [5, 5.41) is 16.0. The lowest BCUT2D eigenvalue weighted by atomic mass is 10.2. The van der Waals surface area contributed by atoms with Gasteiger partial charge in [0.15, 0.2) is 4.32 Å². The highest BCUT2D eigenvalue weighted by Gasteiger charge is 2.32. The van der Waals surface area contributed by atoms with Gasteiger partial charge in [-0.05, 0) is 30.4 Å². The van der Waals surface area contributed by atoms with E-state index in [9.17, 15) is 14.9 Å². The predicted molar refractivity (Wildman–Crippen MR) is 94.4 cm³/mol. The molecule has 0 aliphatic carbocycles. The highest BCUT2D eigenvalue weighted by atomic mass is 32.2. The molecule has 7 nitrogen and oxygen atoms in total. The SMILES string of the molecule is O=C1/C(=C\c2ccco2)SC(=S)N1/N=C/c1ccccc1[N+](=O)[O-]. The number of thioether (sulfide) groups is 1. The molecule has 1 fully saturated rings. The van der Waals surface area contributed by atoms with E-state index in [1.54, 1.807) is 30.3 Å². The van der Waals surface area contributed by atoms with E-state index in [0.29, 0.717) is 10.7 Å². The molecule has 1 saturated heterocycles. The molecule has 1 aromatic carbocycles. The second-order valence-electron chi connectivity index (χ2n) is 4.57. The van der Waals surface area contributed by atoms with E-state index in [1.807, 2.05) is 0 Å². The molecule has 0 bridgehead atoms. The Labute approximate surface area is 145 Å². The van der Waals surface area contributed by atoms with Crippen LogP contribution in [0.2, 0.25) is 0 Å². The van der Waals surface area contributed by atoms with Crippen LogP contribution in [-0.4, -0.2) is 26.4 Å². The van der Waals surface area contributed by atoms with Crippen molar-refractivity contribution in [1.29, 1.82) is 0 Å². The number of hydrogen-bond donors (Lipinski definition) is 0. The van der Waals surface area contributed by atoms with Crippen molar-refractivity contribution in [2.45, 2.75) is 0 Å². The van der Waals surface area contributed by atoms with Crippen molar-refractivity contribution >= 4 is 52.2 Å². The Balaban J connectivity index is 1.85. The summed E-state index contributed by atoms with van der Waals surface area (Å²) >= 11 is 6.23. The molecular weight excluding hydrogens is 350 g/mol. The van der Waals surface area contributed by atoms with Crippen LogP contribution >= 0.6 is 24.0 Å². The van der Waals surface area contributed by atoms with Crippen molar-refractivity contribution in [3.8, 4) is 0 Å². The Bertz CT molecular complexity index is 875. The molecule has 0 saturated carbocycles. The Kier molecular flexibility index (Phi) is 4.54. The van der Waals surface area contributed by atoms with Crippen LogP contribution in [0.1, 0.15) is 11.3 Å². The van der Waals surface area contributed by atoms with Crippen LogP contribution in [-0.2, 0) is 4.79 Å². The standard InChI is InChI=1S/C15H9N3O4S2/c19-14-13(8-11-5-3-7-22-11)24-15(23)17(14)16-9-10-4-1-2-6-12(10)18(20)21/h1-9H/b13-8+,16-9+. The number of hydrazone groups is 1. The summed E-state index contributed by atoms with van der Waals surface area (Å²) in [4.78, 5) is 23.2. The minimum absolute atomic E-state index is 0.0992. The maximum atomic E-state index is 12.3. The van der Waals surface area contributed by atoms with E-state index >= 15 is 0 Å². The number of para-hydroxylation sites is 1. The zero-order valence-electron chi connectivity index (χ0n) is 12.0. The number of benzene rings is 1. The normalized spacial score (nSPS) is 16.5. The summed E-state index contributed by atoms with van der Waals surface area (Å²) in [6.45, 7) is 0. The molecule has 2 heterocycles. The van der Waals surface area contributed by atoms with Crippen molar-refractivity contribution in [2.75, 3.05) is 0 Å². The first-order chi connectivity index (χ1) is 11.6. The summed E-state index contributed by atoms with van der Waals surface area (Å²) in [5.74, 6) is 0.120. The van der Waals surface area contributed by atoms with Crippen LogP contribution in [0.3, 0.4) is 0 Å². The summed E-state index contributed by atoms with van der Waals surface area (Å²) in [5.41, 5.74) is 0.185. The molecule has 1 aliphatic heterocycles. The van der Waals surface area contributed by atoms with E-state index in [2.05, 4.69) is 5.10 Å². The van der Waals surface area contributed by atoms with Gasteiger partial charge in [-0.1, -0.05) is 23.9 Å². The summed E-state index contributed by atoms with van der Waals surface area (Å²) < 4.78 is 5.41. The maximum Gasteiger partial charge on any atom is 0.286 e. The van der Waals surface area contributed by atoms with Gasteiger partial charge >= 0.3 is 0 Å². The first-order valence-corrected chi connectivity index (χ1v) is 7.87. The molecule has 0 atom stereocenters. The van der Waals surface area contributed by atoms with Crippen LogP contribution in [0, 0.1) is 10.1 Å². The van der Waals surface area contributed by atoms with Gasteiger partial charge in [0.2, 0.25) is 0 Å². The van der Waals surface area contributed by atoms with Crippen molar-refractivity contribution in [3.63, 3.8) is 0 Å². The first kappa shape index (κ1) is 16.1. The Morgan fingerprint density at radius 2 is 2.08 bits per heavy atom. The number of nitrogens with zero attached hydrogens (tertiary/aromatic N) is 3. The lowest BCUT2D eigenvalue weighted by molar-refractivity contribution is -0.385. The Morgan fingerprint density at radius 3 is 2.79 bits per heavy atom. The van der Waals surface area contributed by atoms with Crippen LogP contribution in [0.15, 0.2) is 57.1 Å². The molecule has 24 heavy (non-hydrogen) atoms. The molecule has 0 radical (unpaired) electrons. The molecule has 0 N–H and O–H groups in total. The lowest BCUT2D eigenvalue weighted by Crippen LogP contribution is -2.22. The number of rotatable bonds is 4. The van der Waals surface area contributed by atoms with Crippen LogP contribution in [0.4, 0.5) is 5.69 Å². The van der Waals surface area contributed by atoms with Gasteiger partial charge in [0.1, 0.15) is 5.76 Å². The highest BCUT2D eigenvalue weighted by Crippen LogP contribution is 2.32. The Hall–Kier alpha value is -2.78. The van der Waals surface area contributed by atoms with Gasteiger partial charge < -0.3 is 4.42 Å². The molecular formula is C15H9N3O4S2. The fraction of sp³-hybridized carbons (Fsp3) is 0. The van der Waals surface area contributed by atoms with E-state index in [4.69, 9.17) is 16.6 Å². The minimum atomic E-state index is -0.511. The third-order valence-electron chi connectivity index (χ3n) is 3.04. The number of nitro benzene ring substituents is 1. The zero-order valence-corrected chi connectivity index (χ0v) is 13.6. The monoisotopic (exact) mass is 359 g/mol. The molecule has 0 spiro atoms. The molecule has 1 aliphatic rings. The largest absolute Gasteiger partial charge is 0.465 e. The second kappa shape index (κ2) is 6.77. The number of amides is 1. The lowest BCUT2D eigenvalue weighted by Gasteiger charge is -2.06. The van der Waals surface area contributed by atoms with Crippen molar-refractivity contribution < 1.29 is 14.1 Å². The highest BCUT2D eigenvalue weighted by molar-refractivity contribution is 8.26. The van der Waals surface area contributed by atoms with Gasteiger partial charge in [-0.2, -0.15) is 10.1 Å². The number of carbonyl (C=O) groups is 1. The van der Waals surface area contributed by atoms with Crippen LogP contribution in [0.5, 0.6) is 0 Å². The zero-order chi connectivity index (χ0) is 17.1. The van der Waals surface area contributed by atoms with Gasteiger partial charge in [0.05, 0.1) is 27.9 Å². The fourth-order valence-electron chi connectivity index (χ4n) is 1.94. The second-order valence-corrected chi connectivity index (χ2v) is 6.25. The number of thiocarbonyl (C=S) groups is 1. The van der Waals surface area contributed by atoms with Crippen molar-refractivity contribution in [3.05, 3.63) is 69.0 Å². The minimum Gasteiger partial charge on any atom is -0.465 e. The van der Waals surface area contributed by atoms with Gasteiger partial charge in [-0.3, -0.25) is 14.9 Å². The first-order valence-electron chi connectivity index (χ1n) is 6.65. The molecule has 2 aromatic rings. The maximum absolute atomic E-state index is 12.3. The molecule has 120 valence electrons. The van der Waals surface area contributed by atoms with Gasteiger partial charge in [-0.15, -0.1) is 0 Å². The fourth-order valence-corrected chi connectivity index (χ4v) is 3.10. The third kappa shape index (κ3) is 3.26. The van der Waals surface area contributed by atoms with E-state index in [0.717, 1.165) is 16.8 Å². The van der Waals surface area contributed by atoms with E-state index < -0.39 is 10.8 Å². The number of carbonyl (C=O) groups excluding carboxylic acids is 1. The van der Waals surface area contributed by atoms with Crippen molar-refractivity contribution in [2.24, 2.45) is 5.10 Å². The predicted octanol–water partition coefficient (Wildman–Crippen LogP) is 3.42. The number of furan rings is 1. The van der Waals surface area contributed by atoms with Crippen LogP contribution in [0.25, 0.3) is 6.08 Å². The third-order valence-corrected chi connectivity index (χ3v) is 4.32. The quantitative estimate of drug-likeness (QED) is 0.273. The average Bonchev–Trinajstić information content (AvgIpc) is 3.15. The molecule has 3 rings (SSSR count). The number of hydrogen-bond acceptors (Lipinski definition) is 7. The summed E-state index contributed by atoms with van der Waals surface area (Å²) in [6, 6.07) is 9.53. The average molecular weight is 359 g/mol. The van der Waals surface area contributed by atoms with Gasteiger partial charge in [0.25, 0.3) is 11.6 Å². The summed E-state index contributed by atoms with van der Waals surface area (Å²) in [7, 11) is 0. The van der Waals surface area contributed by atoms with Crippen molar-refractivity contribution in [1.82, 2.24) is 5.01 Å². The molecule has 1 aromatic heterocycles. The van der Waals surface area contributed by atoms with Gasteiger partial charge in [-0.25, -0.2) is 0 Å². The van der Waals surface area contributed by atoms with E-state index in [1.165, 1.54) is 24.6 Å². The number of nitro groups is 1.